The molecule has 0 aliphatic carbocycles. The maximum atomic E-state index is 13.0. The molecule has 1 aliphatic heterocycles. The molecule has 0 aromatic heterocycles. The molecule has 196 valence electrons. The number of fused-ring (bicyclic) bond motifs is 1. The third kappa shape index (κ3) is 4.99. The summed E-state index contributed by atoms with van der Waals surface area (Å²) in [6.07, 6.45) is 0.765. The second-order valence-corrected chi connectivity index (χ2v) is 11.2. The summed E-state index contributed by atoms with van der Waals surface area (Å²) in [6.45, 7) is 17.5. The minimum Gasteiger partial charge on any atom is -0.497 e. The monoisotopic (exact) mass is 499 g/mol. The molecule has 4 heteroatoms. The van der Waals surface area contributed by atoms with Gasteiger partial charge in [-0.1, -0.05) is 50.2 Å². The van der Waals surface area contributed by atoms with Gasteiger partial charge in [0.05, 0.1) is 18.7 Å². The molecule has 1 heterocycles. The first-order valence-corrected chi connectivity index (χ1v) is 13.3. The van der Waals surface area contributed by atoms with Gasteiger partial charge in [0.1, 0.15) is 17.1 Å². The Kier molecular flexibility index (Phi) is 7.41. The quantitative estimate of drug-likeness (QED) is 0.335. The predicted molar refractivity (Wildman–Crippen MR) is 152 cm³/mol. The number of hydrogen-bond donors (Lipinski definition) is 0. The Morgan fingerprint density at radius 1 is 0.973 bits per heavy atom. The van der Waals surface area contributed by atoms with Gasteiger partial charge in [-0.25, -0.2) is 0 Å². The van der Waals surface area contributed by atoms with Crippen molar-refractivity contribution in [3.63, 3.8) is 0 Å². The van der Waals surface area contributed by atoms with Crippen molar-refractivity contribution in [3.8, 4) is 11.5 Å². The first kappa shape index (κ1) is 26.8. The number of nitrogens with zero attached hydrogens (tertiary/aromatic N) is 1. The zero-order chi connectivity index (χ0) is 27.1. The van der Waals surface area contributed by atoms with E-state index in [2.05, 4.69) is 84.9 Å². The van der Waals surface area contributed by atoms with Crippen LogP contribution in [0.3, 0.4) is 0 Å². The van der Waals surface area contributed by atoms with Crippen LogP contribution in [0, 0.1) is 20.8 Å². The van der Waals surface area contributed by atoms with Gasteiger partial charge in [0, 0.05) is 19.0 Å². The summed E-state index contributed by atoms with van der Waals surface area (Å²) < 4.78 is 12.0. The molecule has 1 unspecified atom stereocenters. The van der Waals surface area contributed by atoms with E-state index in [1.807, 2.05) is 17.0 Å². The lowest BCUT2D eigenvalue weighted by Crippen LogP contribution is -2.33. The Bertz CT molecular complexity index is 1290. The normalized spacial score (nSPS) is 15.9. The molecule has 1 atom stereocenters. The number of anilines is 1. The van der Waals surface area contributed by atoms with Crippen molar-refractivity contribution in [2.45, 2.75) is 79.2 Å². The molecule has 0 bridgehead atoms. The van der Waals surface area contributed by atoms with Crippen LogP contribution >= 0.6 is 0 Å². The molecule has 3 aromatic rings. The summed E-state index contributed by atoms with van der Waals surface area (Å²) >= 11 is 0. The molecule has 0 saturated carbocycles. The number of carbonyl (C=O) groups is 1. The summed E-state index contributed by atoms with van der Waals surface area (Å²) in [4.78, 5) is 15.0. The third-order valence-corrected chi connectivity index (χ3v) is 7.98. The van der Waals surface area contributed by atoms with Crippen molar-refractivity contribution in [2.24, 2.45) is 0 Å². The highest BCUT2D eigenvalue weighted by Gasteiger charge is 2.45. The molecule has 4 nitrogen and oxygen atoms in total. The Balaban J connectivity index is 1.78. The lowest BCUT2D eigenvalue weighted by molar-refractivity contribution is -0.116. The minimum absolute atomic E-state index is 0.0510. The van der Waals surface area contributed by atoms with Gasteiger partial charge in [0.2, 0.25) is 5.91 Å². The minimum atomic E-state index is -0.396. The van der Waals surface area contributed by atoms with Crippen molar-refractivity contribution in [3.05, 3.63) is 87.5 Å². The van der Waals surface area contributed by atoms with Crippen LogP contribution in [0.4, 0.5) is 5.69 Å². The highest BCUT2D eigenvalue weighted by molar-refractivity contribution is 5.94. The van der Waals surface area contributed by atoms with Gasteiger partial charge in [-0.3, -0.25) is 4.79 Å². The van der Waals surface area contributed by atoms with E-state index in [0.29, 0.717) is 12.5 Å². The molecule has 3 aromatic carbocycles. The number of hydrogen-bond acceptors (Lipinski definition) is 3. The Morgan fingerprint density at radius 3 is 2.14 bits per heavy atom. The third-order valence-electron chi connectivity index (χ3n) is 7.98. The Hall–Kier alpha value is -3.27. The highest BCUT2D eigenvalue weighted by atomic mass is 16.5. The lowest BCUT2D eigenvalue weighted by atomic mass is 9.78. The van der Waals surface area contributed by atoms with E-state index in [1.54, 1.807) is 14.0 Å². The summed E-state index contributed by atoms with van der Waals surface area (Å²) in [5, 5.41) is 0. The largest absolute Gasteiger partial charge is 0.497 e. The van der Waals surface area contributed by atoms with Crippen LogP contribution in [0.5, 0.6) is 11.5 Å². The summed E-state index contributed by atoms with van der Waals surface area (Å²) in [5.74, 6) is 2.43. The van der Waals surface area contributed by atoms with Gasteiger partial charge in [0.25, 0.3) is 0 Å². The maximum absolute atomic E-state index is 13.0. The van der Waals surface area contributed by atoms with E-state index in [4.69, 9.17) is 9.47 Å². The molecular formula is C33H41NO3. The van der Waals surface area contributed by atoms with Crippen molar-refractivity contribution in [2.75, 3.05) is 18.6 Å². The SMILES string of the molecule is COc1ccc(CCN(C(C)=O)c2c(C)c(C)c3c(c2C)C(c2ccc(C(C)C)cc2)C(C)(C)O3)cc1. The smallest absolute Gasteiger partial charge is 0.223 e. The number of ether oxygens (including phenoxy) is 2. The van der Waals surface area contributed by atoms with Crippen molar-refractivity contribution >= 4 is 11.6 Å². The van der Waals surface area contributed by atoms with Crippen LogP contribution in [0.15, 0.2) is 48.5 Å². The highest BCUT2D eigenvalue weighted by Crippen LogP contribution is 2.54. The first-order chi connectivity index (χ1) is 17.5. The standard InChI is InChI=1S/C33H41NO3/c1-20(2)26-12-14-27(15-13-26)30-29-23(5)31(21(3)22(4)32(29)37-33(30,7)8)34(24(6)35)19-18-25-10-16-28(36-9)17-11-25/h10-17,20,30H,18-19H2,1-9H3. The van der Waals surface area contributed by atoms with Gasteiger partial charge >= 0.3 is 0 Å². The van der Waals surface area contributed by atoms with Crippen molar-refractivity contribution in [1.82, 2.24) is 0 Å². The van der Waals surface area contributed by atoms with E-state index in [1.165, 1.54) is 22.3 Å². The van der Waals surface area contributed by atoms with E-state index >= 15 is 0 Å². The summed E-state index contributed by atoms with van der Waals surface area (Å²) in [5.41, 5.74) is 8.93. The number of rotatable bonds is 7. The molecule has 4 rings (SSSR count). The number of carbonyl (C=O) groups excluding carboxylic acids is 1. The molecule has 1 aliphatic rings. The van der Waals surface area contributed by atoms with Gasteiger partial charge in [-0.2, -0.15) is 0 Å². The van der Waals surface area contributed by atoms with Crippen LogP contribution in [0.2, 0.25) is 0 Å². The summed E-state index contributed by atoms with van der Waals surface area (Å²) in [7, 11) is 1.67. The molecule has 0 saturated heterocycles. The number of amides is 1. The van der Waals surface area contributed by atoms with E-state index in [9.17, 15) is 4.79 Å². The van der Waals surface area contributed by atoms with E-state index < -0.39 is 5.60 Å². The molecular weight excluding hydrogens is 458 g/mol. The number of benzene rings is 3. The zero-order valence-electron chi connectivity index (χ0n) is 23.9. The van der Waals surface area contributed by atoms with Crippen LogP contribution in [0.1, 0.15) is 85.4 Å². The Morgan fingerprint density at radius 2 is 1.59 bits per heavy atom. The van der Waals surface area contributed by atoms with Crippen LogP contribution in [0.25, 0.3) is 0 Å². The summed E-state index contributed by atoms with van der Waals surface area (Å²) in [6, 6.07) is 17.1. The van der Waals surface area contributed by atoms with Crippen molar-refractivity contribution in [1.29, 1.82) is 0 Å². The zero-order valence-corrected chi connectivity index (χ0v) is 23.9. The average Bonchev–Trinajstić information content (AvgIpc) is 3.16. The second-order valence-electron chi connectivity index (χ2n) is 11.2. The van der Waals surface area contributed by atoms with E-state index in [0.717, 1.165) is 40.3 Å². The molecule has 0 fully saturated rings. The second kappa shape index (κ2) is 10.2. The average molecular weight is 500 g/mol. The van der Waals surface area contributed by atoms with Crippen LogP contribution in [-0.2, 0) is 11.2 Å². The van der Waals surface area contributed by atoms with Gasteiger partial charge < -0.3 is 14.4 Å². The molecule has 0 spiro atoms. The fourth-order valence-corrected chi connectivity index (χ4v) is 5.78. The fraction of sp³-hybridized carbons (Fsp3) is 0.424. The number of methoxy groups -OCH3 is 1. The predicted octanol–water partition coefficient (Wildman–Crippen LogP) is 7.64. The molecule has 1 amide bonds. The van der Waals surface area contributed by atoms with Crippen molar-refractivity contribution < 1.29 is 14.3 Å². The Labute approximate surface area is 222 Å². The first-order valence-electron chi connectivity index (χ1n) is 13.3. The lowest BCUT2D eigenvalue weighted by Gasteiger charge is -2.29. The molecule has 37 heavy (non-hydrogen) atoms. The maximum Gasteiger partial charge on any atom is 0.223 e. The van der Waals surface area contributed by atoms with Gasteiger partial charge in [-0.15, -0.1) is 0 Å². The fourth-order valence-electron chi connectivity index (χ4n) is 5.78. The van der Waals surface area contributed by atoms with Gasteiger partial charge in [-0.05, 0) is 92.5 Å². The molecule has 0 N–H and O–H groups in total. The topological polar surface area (TPSA) is 38.8 Å². The van der Waals surface area contributed by atoms with Crippen LogP contribution in [-0.4, -0.2) is 25.2 Å². The molecule has 0 radical (unpaired) electrons. The van der Waals surface area contributed by atoms with E-state index in [-0.39, 0.29) is 11.8 Å². The van der Waals surface area contributed by atoms with Gasteiger partial charge in [0.15, 0.2) is 0 Å². The van der Waals surface area contributed by atoms with Crippen LogP contribution < -0.4 is 14.4 Å².